The van der Waals surface area contributed by atoms with Crippen molar-refractivity contribution in [2.45, 2.75) is 45.4 Å². The van der Waals surface area contributed by atoms with Crippen LogP contribution in [0, 0.1) is 11.8 Å². The maximum Gasteiger partial charge on any atom is 0.333 e. The lowest BCUT2D eigenvalue weighted by molar-refractivity contribution is -0.136. The summed E-state index contributed by atoms with van der Waals surface area (Å²) >= 11 is 0. The minimum atomic E-state index is -0.228. The lowest BCUT2D eigenvalue weighted by atomic mass is 9.77. The van der Waals surface area contributed by atoms with Gasteiger partial charge in [-0.1, -0.05) is 26.3 Å². The largest absolute Gasteiger partial charge is 0.466 e. The van der Waals surface area contributed by atoms with Crippen LogP contribution in [0.15, 0.2) is 12.2 Å². The van der Waals surface area contributed by atoms with Gasteiger partial charge in [-0.05, 0) is 37.5 Å². The quantitative estimate of drug-likeness (QED) is 0.525. The molecule has 0 atom stereocenters. The molecule has 0 aromatic heterocycles. The standard InChI is InChI=1S/C13H22O2/c1-4-5-11-6-8-12(9-7-11)10(2)13(14)15-3/h11-12H,2,4-9H2,1,3H3. The van der Waals surface area contributed by atoms with Crippen LogP contribution in [-0.4, -0.2) is 13.1 Å². The van der Waals surface area contributed by atoms with E-state index < -0.39 is 0 Å². The molecular formula is C13H22O2. The van der Waals surface area contributed by atoms with Crippen molar-refractivity contribution in [2.24, 2.45) is 11.8 Å². The molecule has 0 bridgehead atoms. The minimum Gasteiger partial charge on any atom is -0.466 e. The van der Waals surface area contributed by atoms with Crippen LogP contribution in [0.25, 0.3) is 0 Å². The average molecular weight is 210 g/mol. The Hall–Kier alpha value is -0.790. The van der Waals surface area contributed by atoms with Crippen LogP contribution in [0.1, 0.15) is 45.4 Å². The number of esters is 1. The van der Waals surface area contributed by atoms with Crippen LogP contribution in [-0.2, 0) is 9.53 Å². The number of hydrogen-bond donors (Lipinski definition) is 0. The topological polar surface area (TPSA) is 26.3 Å². The molecule has 2 heteroatoms. The van der Waals surface area contributed by atoms with E-state index in [1.165, 1.54) is 32.8 Å². The van der Waals surface area contributed by atoms with Gasteiger partial charge in [-0.3, -0.25) is 0 Å². The zero-order chi connectivity index (χ0) is 11.3. The molecule has 0 N–H and O–H groups in total. The van der Waals surface area contributed by atoms with Gasteiger partial charge in [0.1, 0.15) is 0 Å². The van der Waals surface area contributed by atoms with Crippen LogP contribution >= 0.6 is 0 Å². The first-order chi connectivity index (χ1) is 7.19. The van der Waals surface area contributed by atoms with Crippen molar-refractivity contribution in [3.8, 4) is 0 Å². The Morgan fingerprint density at radius 2 is 1.93 bits per heavy atom. The van der Waals surface area contributed by atoms with Gasteiger partial charge in [-0.15, -0.1) is 0 Å². The van der Waals surface area contributed by atoms with E-state index in [4.69, 9.17) is 4.74 Å². The van der Waals surface area contributed by atoms with Gasteiger partial charge in [0.25, 0.3) is 0 Å². The molecular weight excluding hydrogens is 188 g/mol. The third-order valence-electron chi connectivity index (χ3n) is 3.48. The summed E-state index contributed by atoms with van der Waals surface area (Å²) in [5.74, 6) is 1.01. The normalized spacial score (nSPS) is 26.0. The maximum absolute atomic E-state index is 11.3. The molecule has 0 aromatic rings. The highest BCUT2D eigenvalue weighted by molar-refractivity contribution is 5.88. The van der Waals surface area contributed by atoms with E-state index in [2.05, 4.69) is 13.5 Å². The first-order valence-corrected chi connectivity index (χ1v) is 5.96. The SMILES string of the molecule is C=C(C(=O)OC)C1CCC(CCC)CC1. The van der Waals surface area contributed by atoms with E-state index in [0.717, 1.165) is 18.8 Å². The van der Waals surface area contributed by atoms with E-state index in [1.807, 2.05) is 0 Å². The Morgan fingerprint density at radius 3 is 2.40 bits per heavy atom. The van der Waals surface area contributed by atoms with Gasteiger partial charge in [0, 0.05) is 5.57 Å². The van der Waals surface area contributed by atoms with Crippen molar-refractivity contribution < 1.29 is 9.53 Å². The lowest BCUT2D eigenvalue weighted by Gasteiger charge is -2.28. The van der Waals surface area contributed by atoms with Crippen molar-refractivity contribution >= 4 is 5.97 Å². The predicted octanol–water partition coefficient (Wildman–Crippen LogP) is 3.32. The zero-order valence-electron chi connectivity index (χ0n) is 9.92. The minimum absolute atomic E-state index is 0.228. The highest BCUT2D eigenvalue weighted by Crippen LogP contribution is 2.34. The Balaban J connectivity index is 2.37. The molecule has 1 saturated carbocycles. The fourth-order valence-electron chi connectivity index (χ4n) is 2.51. The van der Waals surface area contributed by atoms with E-state index in [1.54, 1.807) is 0 Å². The molecule has 0 unspecified atom stereocenters. The third kappa shape index (κ3) is 3.37. The number of carbonyl (C=O) groups excluding carboxylic acids is 1. The monoisotopic (exact) mass is 210 g/mol. The second kappa shape index (κ2) is 5.94. The summed E-state index contributed by atoms with van der Waals surface area (Å²) in [5.41, 5.74) is 0.674. The Morgan fingerprint density at radius 1 is 1.33 bits per heavy atom. The van der Waals surface area contributed by atoms with Crippen molar-refractivity contribution in [2.75, 3.05) is 7.11 Å². The molecule has 0 aliphatic heterocycles. The van der Waals surface area contributed by atoms with E-state index in [0.29, 0.717) is 11.5 Å². The molecule has 0 amide bonds. The summed E-state index contributed by atoms with van der Waals surface area (Å²) in [6, 6.07) is 0. The molecule has 1 rings (SSSR count). The average Bonchev–Trinajstić information content (AvgIpc) is 2.28. The highest BCUT2D eigenvalue weighted by atomic mass is 16.5. The summed E-state index contributed by atoms with van der Waals surface area (Å²) in [6.07, 6.45) is 7.31. The van der Waals surface area contributed by atoms with Crippen LogP contribution < -0.4 is 0 Å². The number of methoxy groups -OCH3 is 1. The third-order valence-corrected chi connectivity index (χ3v) is 3.48. The molecule has 86 valence electrons. The molecule has 0 saturated heterocycles. The number of rotatable bonds is 4. The van der Waals surface area contributed by atoms with Crippen molar-refractivity contribution in [1.29, 1.82) is 0 Å². The summed E-state index contributed by atoms with van der Waals surface area (Å²) in [7, 11) is 1.43. The van der Waals surface area contributed by atoms with Gasteiger partial charge in [0.2, 0.25) is 0 Å². The fourth-order valence-corrected chi connectivity index (χ4v) is 2.51. The first kappa shape index (κ1) is 12.3. The lowest BCUT2D eigenvalue weighted by Crippen LogP contribution is -2.20. The van der Waals surface area contributed by atoms with Crippen LogP contribution in [0.5, 0.6) is 0 Å². The molecule has 0 aromatic carbocycles. The highest BCUT2D eigenvalue weighted by Gasteiger charge is 2.25. The van der Waals surface area contributed by atoms with Crippen LogP contribution in [0.3, 0.4) is 0 Å². The fraction of sp³-hybridized carbons (Fsp3) is 0.769. The van der Waals surface area contributed by atoms with Gasteiger partial charge in [0.15, 0.2) is 0 Å². The molecule has 1 aliphatic carbocycles. The first-order valence-electron chi connectivity index (χ1n) is 5.96. The van der Waals surface area contributed by atoms with Crippen molar-refractivity contribution in [3.05, 3.63) is 12.2 Å². The molecule has 15 heavy (non-hydrogen) atoms. The van der Waals surface area contributed by atoms with E-state index >= 15 is 0 Å². The van der Waals surface area contributed by atoms with Crippen molar-refractivity contribution in [3.63, 3.8) is 0 Å². The summed E-state index contributed by atoms with van der Waals surface area (Å²) in [5, 5.41) is 0. The molecule has 1 aliphatic rings. The molecule has 0 spiro atoms. The van der Waals surface area contributed by atoms with E-state index in [9.17, 15) is 4.79 Å². The summed E-state index contributed by atoms with van der Waals surface area (Å²) < 4.78 is 4.70. The second-order valence-corrected chi connectivity index (χ2v) is 4.52. The Bertz CT molecular complexity index is 225. The summed E-state index contributed by atoms with van der Waals surface area (Å²) in [4.78, 5) is 11.3. The van der Waals surface area contributed by atoms with Gasteiger partial charge in [-0.2, -0.15) is 0 Å². The molecule has 1 fully saturated rings. The number of ether oxygens (including phenoxy) is 1. The van der Waals surface area contributed by atoms with E-state index in [-0.39, 0.29) is 5.97 Å². The number of hydrogen-bond acceptors (Lipinski definition) is 2. The van der Waals surface area contributed by atoms with Gasteiger partial charge in [-0.25, -0.2) is 4.79 Å². The van der Waals surface area contributed by atoms with Gasteiger partial charge in [0.05, 0.1) is 7.11 Å². The zero-order valence-corrected chi connectivity index (χ0v) is 9.92. The number of carbonyl (C=O) groups is 1. The Labute approximate surface area is 92.7 Å². The summed E-state index contributed by atoms with van der Waals surface area (Å²) in [6.45, 7) is 6.08. The van der Waals surface area contributed by atoms with Gasteiger partial charge >= 0.3 is 5.97 Å². The maximum atomic E-state index is 11.3. The molecule has 2 nitrogen and oxygen atoms in total. The predicted molar refractivity (Wildman–Crippen MR) is 61.5 cm³/mol. The second-order valence-electron chi connectivity index (χ2n) is 4.52. The van der Waals surface area contributed by atoms with Crippen molar-refractivity contribution in [1.82, 2.24) is 0 Å². The van der Waals surface area contributed by atoms with Crippen LogP contribution in [0.2, 0.25) is 0 Å². The molecule has 0 heterocycles. The van der Waals surface area contributed by atoms with Gasteiger partial charge < -0.3 is 4.74 Å². The molecule has 0 radical (unpaired) electrons. The smallest absolute Gasteiger partial charge is 0.333 e. The van der Waals surface area contributed by atoms with Crippen LogP contribution in [0.4, 0.5) is 0 Å². The Kier molecular flexibility index (Phi) is 4.86.